The predicted molar refractivity (Wildman–Crippen MR) is 94.2 cm³/mol. The molecule has 3 rings (SSSR count). The zero-order chi connectivity index (χ0) is 18.4. The number of halogens is 1. The Morgan fingerprint density at radius 2 is 1.92 bits per heavy atom. The van der Waals surface area contributed by atoms with Crippen LogP contribution in [0.4, 0.5) is 10.2 Å². The van der Waals surface area contributed by atoms with Crippen LogP contribution in [0.25, 0.3) is 0 Å². The summed E-state index contributed by atoms with van der Waals surface area (Å²) < 4.78 is 23.5. The predicted octanol–water partition coefficient (Wildman–Crippen LogP) is 2.11. The minimum atomic E-state index is -0.297. The molecular formula is C17H15FN6O2. The Balaban J connectivity index is 1.59. The van der Waals surface area contributed by atoms with E-state index in [9.17, 15) is 4.39 Å². The second-order valence-corrected chi connectivity index (χ2v) is 5.18. The maximum Gasteiger partial charge on any atom is 0.199 e. The van der Waals surface area contributed by atoms with Crippen molar-refractivity contribution in [2.45, 2.75) is 6.61 Å². The molecule has 2 aromatic carbocycles. The molecule has 0 saturated heterocycles. The van der Waals surface area contributed by atoms with Gasteiger partial charge < -0.3 is 16.2 Å². The summed E-state index contributed by atoms with van der Waals surface area (Å²) in [6.45, 7) is 0.147. The number of amidine groups is 1. The van der Waals surface area contributed by atoms with E-state index in [2.05, 4.69) is 25.1 Å². The Morgan fingerprint density at radius 3 is 2.62 bits per heavy atom. The summed E-state index contributed by atoms with van der Waals surface area (Å²) in [5.41, 5.74) is 12.6. The summed E-state index contributed by atoms with van der Waals surface area (Å²) in [5, 5.41) is 14.6. The summed E-state index contributed by atoms with van der Waals surface area (Å²) >= 11 is 0. The molecule has 0 aliphatic rings. The summed E-state index contributed by atoms with van der Waals surface area (Å²) in [6.07, 6.45) is 1.50. The van der Waals surface area contributed by atoms with Crippen LogP contribution in [0.1, 0.15) is 16.8 Å². The van der Waals surface area contributed by atoms with Crippen LogP contribution in [0.15, 0.2) is 63.4 Å². The van der Waals surface area contributed by atoms with Crippen LogP contribution in [-0.2, 0) is 6.61 Å². The molecule has 8 nitrogen and oxygen atoms in total. The Bertz CT molecular complexity index is 936. The first-order valence-electron chi connectivity index (χ1n) is 7.54. The summed E-state index contributed by atoms with van der Waals surface area (Å²) in [4.78, 5) is 0. The Morgan fingerprint density at radius 1 is 1.15 bits per heavy atom. The SMILES string of the molecule is N/C(=N\N=C\c1ccc(OCc2ccccc2F)cc1)c1nonc1N. The monoisotopic (exact) mass is 354 g/mol. The minimum Gasteiger partial charge on any atom is -0.489 e. The lowest BCUT2D eigenvalue weighted by atomic mass is 10.2. The Hall–Kier alpha value is -3.75. The van der Waals surface area contributed by atoms with Crippen molar-refractivity contribution in [1.82, 2.24) is 10.3 Å². The first kappa shape index (κ1) is 17.1. The number of nitrogens with two attached hydrogens (primary N) is 2. The highest BCUT2D eigenvalue weighted by molar-refractivity contribution is 5.99. The second kappa shape index (κ2) is 7.88. The molecular weight excluding hydrogens is 339 g/mol. The van der Waals surface area contributed by atoms with Gasteiger partial charge in [0.15, 0.2) is 17.3 Å². The highest BCUT2D eigenvalue weighted by atomic mass is 19.1. The maximum absolute atomic E-state index is 13.5. The zero-order valence-electron chi connectivity index (χ0n) is 13.5. The molecule has 0 aliphatic heterocycles. The van der Waals surface area contributed by atoms with Crippen molar-refractivity contribution in [2.75, 3.05) is 5.73 Å². The fourth-order valence-electron chi connectivity index (χ4n) is 2.00. The van der Waals surface area contributed by atoms with E-state index < -0.39 is 0 Å². The molecule has 0 saturated carbocycles. The quantitative estimate of drug-likeness (QED) is 0.397. The van der Waals surface area contributed by atoms with E-state index in [0.717, 1.165) is 5.56 Å². The number of benzene rings is 2. The van der Waals surface area contributed by atoms with Crippen LogP contribution in [0.3, 0.4) is 0 Å². The van der Waals surface area contributed by atoms with Gasteiger partial charge in [-0.1, -0.05) is 18.2 Å². The van der Waals surface area contributed by atoms with E-state index in [4.69, 9.17) is 16.2 Å². The Labute approximate surface area is 147 Å². The van der Waals surface area contributed by atoms with Gasteiger partial charge in [-0.3, -0.25) is 0 Å². The largest absolute Gasteiger partial charge is 0.489 e. The highest BCUT2D eigenvalue weighted by Gasteiger charge is 2.09. The normalized spacial score (nSPS) is 11.8. The molecule has 4 N–H and O–H groups in total. The number of ether oxygens (including phenoxy) is 1. The molecule has 0 fully saturated rings. The first-order valence-corrected chi connectivity index (χ1v) is 7.54. The molecule has 9 heteroatoms. The van der Waals surface area contributed by atoms with E-state index in [0.29, 0.717) is 11.3 Å². The first-order chi connectivity index (χ1) is 12.6. The van der Waals surface area contributed by atoms with Crippen LogP contribution >= 0.6 is 0 Å². The van der Waals surface area contributed by atoms with Gasteiger partial charge in [-0.2, -0.15) is 5.10 Å². The molecule has 3 aromatic rings. The molecule has 0 unspecified atom stereocenters. The smallest absolute Gasteiger partial charge is 0.199 e. The van der Waals surface area contributed by atoms with Gasteiger partial charge in [0, 0.05) is 5.56 Å². The molecule has 0 aliphatic carbocycles. The van der Waals surface area contributed by atoms with Crippen LogP contribution in [0.2, 0.25) is 0 Å². The van der Waals surface area contributed by atoms with Gasteiger partial charge in [0.05, 0.1) is 6.21 Å². The van der Waals surface area contributed by atoms with E-state index in [1.165, 1.54) is 12.3 Å². The zero-order valence-corrected chi connectivity index (χ0v) is 13.5. The van der Waals surface area contributed by atoms with E-state index in [1.807, 2.05) is 0 Å². The summed E-state index contributed by atoms with van der Waals surface area (Å²) in [5.74, 6) is 0.340. The minimum absolute atomic E-state index is 0.00941. The molecule has 0 amide bonds. The Kier molecular flexibility index (Phi) is 5.18. The molecule has 1 heterocycles. The van der Waals surface area contributed by atoms with Crippen molar-refractivity contribution in [1.29, 1.82) is 0 Å². The number of hydrogen-bond acceptors (Lipinski definition) is 7. The number of anilines is 1. The lowest BCUT2D eigenvalue weighted by Gasteiger charge is -2.07. The average Bonchev–Trinajstić information content (AvgIpc) is 3.08. The molecule has 132 valence electrons. The van der Waals surface area contributed by atoms with E-state index in [1.54, 1.807) is 42.5 Å². The topological polar surface area (TPSA) is 125 Å². The third kappa shape index (κ3) is 4.20. The van der Waals surface area contributed by atoms with Crippen molar-refractivity contribution in [3.8, 4) is 5.75 Å². The third-order valence-electron chi connectivity index (χ3n) is 3.36. The van der Waals surface area contributed by atoms with Crippen molar-refractivity contribution >= 4 is 17.9 Å². The number of nitrogen functional groups attached to an aromatic ring is 1. The van der Waals surface area contributed by atoms with Crippen molar-refractivity contribution < 1.29 is 13.8 Å². The van der Waals surface area contributed by atoms with Gasteiger partial charge in [-0.15, -0.1) is 5.10 Å². The molecule has 0 radical (unpaired) electrons. The van der Waals surface area contributed by atoms with Gasteiger partial charge in [0.2, 0.25) is 0 Å². The molecule has 0 spiro atoms. The average molecular weight is 354 g/mol. The van der Waals surface area contributed by atoms with Gasteiger partial charge in [-0.05, 0) is 46.2 Å². The van der Waals surface area contributed by atoms with Crippen molar-refractivity contribution in [3.05, 3.63) is 71.2 Å². The van der Waals surface area contributed by atoms with E-state index in [-0.39, 0.29) is 29.8 Å². The van der Waals surface area contributed by atoms with Gasteiger partial charge >= 0.3 is 0 Å². The van der Waals surface area contributed by atoms with Crippen molar-refractivity contribution in [3.63, 3.8) is 0 Å². The van der Waals surface area contributed by atoms with Gasteiger partial charge in [-0.25, -0.2) is 9.02 Å². The van der Waals surface area contributed by atoms with Crippen LogP contribution < -0.4 is 16.2 Å². The number of aromatic nitrogens is 2. The van der Waals surface area contributed by atoms with Crippen LogP contribution in [0, 0.1) is 5.82 Å². The van der Waals surface area contributed by atoms with Gasteiger partial charge in [0.25, 0.3) is 0 Å². The highest BCUT2D eigenvalue weighted by Crippen LogP contribution is 2.15. The second-order valence-electron chi connectivity index (χ2n) is 5.18. The van der Waals surface area contributed by atoms with Crippen LogP contribution in [-0.4, -0.2) is 22.4 Å². The summed E-state index contributed by atoms with van der Waals surface area (Å²) in [6, 6.07) is 13.5. The van der Waals surface area contributed by atoms with Crippen LogP contribution in [0.5, 0.6) is 5.75 Å². The lowest BCUT2D eigenvalue weighted by Crippen LogP contribution is -2.15. The molecule has 0 atom stereocenters. The van der Waals surface area contributed by atoms with Crippen molar-refractivity contribution in [2.24, 2.45) is 15.9 Å². The standard InChI is InChI=1S/C17H15FN6O2/c18-14-4-2-1-3-12(14)10-25-13-7-5-11(6-8-13)9-21-22-16(19)15-17(20)24-26-23-15/h1-9H,10H2,(H2,19,22)(H2,20,24)/b21-9+. The van der Waals surface area contributed by atoms with E-state index >= 15 is 0 Å². The third-order valence-corrected chi connectivity index (χ3v) is 3.36. The molecule has 26 heavy (non-hydrogen) atoms. The lowest BCUT2D eigenvalue weighted by molar-refractivity contribution is 0.300. The molecule has 1 aromatic heterocycles. The number of rotatable bonds is 6. The van der Waals surface area contributed by atoms with Gasteiger partial charge in [0.1, 0.15) is 18.2 Å². The fraction of sp³-hybridized carbons (Fsp3) is 0.0588. The summed E-state index contributed by atoms with van der Waals surface area (Å²) in [7, 11) is 0. The number of hydrogen-bond donors (Lipinski definition) is 2. The fourth-order valence-corrected chi connectivity index (χ4v) is 2.00. The molecule has 0 bridgehead atoms. The number of nitrogens with zero attached hydrogens (tertiary/aromatic N) is 4. The maximum atomic E-state index is 13.5.